The average Bonchev–Trinajstić information content (AvgIpc) is 2.21. The first-order valence-corrected chi connectivity index (χ1v) is 5.48. The van der Waals surface area contributed by atoms with Crippen molar-refractivity contribution in [3.8, 4) is 0 Å². The highest BCUT2D eigenvalue weighted by atomic mass is 35.5. The average molecular weight is 258 g/mol. The molecule has 1 aromatic rings. The Morgan fingerprint density at radius 3 is 2.65 bits per heavy atom. The second-order valence-electron chi connectivity index (χ2n) is 4.31. The summed E-state index contributed by atoms with van der Waals surface area (Å²) in [4.78, 5) is 15.9. The Balaban J connectivity index is 0.00000256. The van der Waals surface area contributed by atoms with Crippen molar-refractivity contribution in [3.63, 3.8) is 0 Å². The third-order valence-corrected chi connectivity index (χ3v) is 2.46. The van der Waals surface area contributed by atoms with Crippen molar-refractivity contribution in [1.82, 2.24) is 4.98 Å². The molecule has 17 heavy (non-hydrogen) atoms. The molecule has 1 atom stereocenters. The van der Waals surface area contributed by atoms with E-state index >= 15 is 0 Å². The Hall–Kier alpha value is -1.13. The van der Waals surface area contributed by atoms with Gasteiger partial charge in [0.1, 0.15) is 0 Å². The Kier molecular flexibility index (Phi) is 6.13. The standard InChI is InChI=1S/C12H19N3O.ClH/c1-4-7-12(3,13)11(16)15-10-6-5-9(2)14-8-10;/h5-6,8H,4,7,13H2,1-3H3,(H,15,16);1H. The minimum absolute atomic E-state index is 0. The molecule has 4 nitrogen and oxygen atoms in total. The number of hydrogen-bond acceptors (Lipinski definition) is 3. The second-order valence-corrected chi connectivity index (χ2v) is 4.31. The molecule has 96 valence electrons. The zero-order valence-electron chi connectivity index (χ0n) is 10.5. The van der Waals surface area contributed by atoms with Gasteiger partial charge in [-0.15, -0.1) is 12.4 Å². The molecule has 0 radical (unpaired) electrons. The number of nitrogens with zero attached hydrogens (tertiary/aromatic N) is 1. The monoisotopic (exact) mass is 257 g/mol. The lowest BCUT2D eigenvalue weighted by molar-refractivity contribution is -0.120. The van der Waals surface area contributed by atoms with Gasteiger partial charge in [0.2, 0.25) is 5.91 Å². The SMILES string of the molecule is CCCC(C)(N)C(=O)Nc1ccc(C)nc1.Cl. The molecule has 1 unspecified atom stereocenters. The highest BCUT2D eigenvalue weighted by Gasteiger charge is 2.27. The summed E-state index contributed by atoms with van der Waals surface area (Å²) in [6, 6.07) is 3.67. The predicted molar refractivity (Wildman–Crippen MR) is 72.4 cm³/mol. The molecular formula is C12H20ClN3O. The van der Waals surface area contributed by atoms with E-state index in [0.29, 0.717) is 12.1 Å². The van der Waals surface area contributed by atoms with E-state index in [1.54, 1.807) is 13.1 Å². The third kappa shape index (κ3) is 4.71. The lowest BCUT2D eigenvalue weighted by Crippen LogP contribution is -2.48. The number of hydrogen-bond donors (Lipinski definition) is 2. The molecule has 0 fully saturated rings. The molecule has 5 heteroatoms. The smallest absolute Gasteiger partial charge is 0.244 e. The van der Waals surface area contributed by atoms with Gasteiger partial charge in [0, 0.05) is 5.69 Å². The van der Waals surface area contributed by atoms with Crippen molar-refractivity contribution in [2.24, 2.45) is 5.73 Å². The summed E-state index contributed by atoms with van der Waals surface area (Å²) in [5.74, 6) is -0.167. The number of carbonyl (C=O) groups excluding carboxylic acids is 1. The molecule has 1 aromatic heterocycles. The first kappa shape index (κ1) is 15.9. The number of pyridine rings is 1. The van der Waals surface area contributed by atoms with Crippen molar-refractivity contribution < 1.29 is 4.79 Å². The number of rotatable bonds is 4. The van der Waals surface area contributed by atoms with Gasteiger partial charge in [0.05, 0.1) is 17.4 Å². The summed E-state index contributed by atoms with van der Waals surface area (Å²) >= 11 is 0. The fraction of sp³-hybridized carbons (Fsp3) is 0.500. The molecule has 3 N–H and O–H groups in total. The lowest BCUT2D eigenvalue weighted by Gasteiger charge is -2.22. The summed E-state index contributed by atoms with van der Waals surface area (Å²) in [6.07, 6.45) is 3.18. The van der Waals surface area contributed by atoms with Gasteiger partial charge >= 0.3 is 0 Å². The van der Waals surface area contributed by atoms with Crippen molar-refractivity contribution in [1.29, 1.82) is 0 Å². The zero-order valence-corrected chi connectivity index (χ0v) is 11.3. The van der Waals surface area contributed by atoms with Gasteiger partial charge in [-0.25, -0.2) is 0 Å². The minimum atomic E-state index is -0.820. The molecule has 0 aliphatic rings. The van der Waals surface area contributed by atoms with Crippen LogP contribution in [0.25, 0.3) is 0 Å². The number of anilines is 1. The molecule has 0 bridgehead atoms. The van der Waals surface area contributed by atoms with Crippen molar-refractivity contribution in [2.45, 2.75) is 39.2 Å². The molecule has 0 aliphatic carbocycles. The number of halogens is 1. The van der Waals surface area contributed by atoms with Crippen LogP contribution in [-0.2, 0) is 4.79 Å². The van der Waals surface area contributed by atoms with E-state index in [0.717, 1.165) is 12.1 Å². The van der Waals surface area contributed by atoms with Gasteiger partial charge in [-0.05, 0) is 32.4 Å². The number of carbonyl (C=O) groups is 1. The van der Waals surface area contributed by atoms with Crippen molar-refractivity contribution >= 4 is 24.0 Å². The first-order chi connectivity index (χ1) is 7.45. The highest BCUT2D eigenvalue weighted by Crippen LogP contribution is 2.13. The molecule has 0 spiro atoms. The highest BCUT2D eigenvalue weighted by molar-refractivity contribution is 5.97. The van der Waals surface area contributed by atoms with Crippen LogP contribution < -0.4 is 11.1 Å². The molecule has 0 aliphatic heterocycles. The first-order valence-electron chi connectivity index (χ1n) is 5.48. The topological polar surface area (TPSA) is 68.0 Å². The zero-order chi connectivity index (χ0) is 12.2. The van der Waals surface area contributed by atoms with E-state index in [1.165, 1.54) is 0 Å². The minimum Gasteiger partial charge on any atom is -0.323 e. The van der Waals surface area contributed by atoms with E-state index < -0.39 is 5.54 Å². The van der Waals surface area contributed by atoms with Gasteiger partial charge in [-0.3, -0.25) is 9.78 Å². The van der Waals surface area contributed by atoms with Gasteiger partial charge < -0.3 is 11.1 Å². The molecule has 1 heterocycles. The van der Waals surface area contributed by atoms with Gasteiger partial charge in [-0.1, -0.05) is 13.3 Å². The maximum atomic E-state index is 11.8. The maximum absolute atomic E-state index is 11.8. The van der Waals surface area contributed by atoms with Crippen LogP contribution in [0, 0.1) is 6.92 Å². The van der Waals surface area contributed by atoms with Crippen LogP contribution in [0.4, 0.5) is 5.69 Å². The fourth-order valence-electron chi connectivity index (χ4n) is 1.45. The number of nitrogens with one attached hydrogen (secondary N) is 1. The Bertz CT molecular complexity index is 363. The van der Waals surface area contributed by atoms with Crippen LogP contribution in [-0.4, -0.2) is 16.4 Å². The lowest BCUT2D eigenvalue weighted by atomic mass is 9.96. The second kappa shape index (κ2) is 6.57. The number of aryl methyl sites for hydroxylation is 1. The fourth-order valence-corrected chi connectivity index (χ4v) is 1.45. The quantitative estimate of drug-likeness (QED) is 0.870. The summed E-state index contributed by atoms with van der Waals surface area (Å²) in [6.45, 7) is 5.65. The Morgan fingerprint density at radius 1 is 1.53 bits per heavy atom. The van der Waals surface area contributed by atoms with Crippen LogP contribution >= 0.6 is 12.4 Å². The summed E-state index contributed by atoms with van der Waals surface area (Å²) < 4.78 is 0. The van der Waals surface area contributed by atoms with Crippen molar-refractivity contribution in [2.75, 3.05) is 5.32 Å². The third-order valence-electron chi connectivity index (χ3n) is 2.46. The summed E-state index contributed by atoms with van der Waals surface area (Å²) in [5, 5.41) is 2.77. The molecule has 0 aromatic carbocycles. The van der Waals surface area contributed by atoms with Crippen LogP contribution in [0.2, 0.25) is 0 Å². The summed E-state index contributed by atoms with van der Waals surface area (Å²) in [5.41, 5.74) is 6.70. The molecular weight excluding hydrogens is 238 g/mol. The molecule has 0 saturated heterocycles. The molecule has 1 amide bonds. The van der Waals surface area contributed by atoms with E-state index in [1.807, 2.05) is 26.0 Å². The van der Waals surface area contributed by atoms with E-state index in [4.69, 9.17) is 5.73 Å². The van der Waals surface area contributed by atoms with Gasteiger partial charge in [0.15, 0.2) is 0 Å². The van der Waals surface area contributed by atoms with E-state index in [9.17, 15) is 4.79 Å². The van der Waals surface area contributed by atoms with E-state index in [2.05, 4.69) is 10.3 Å². The maximum Gasteiger partial charge on any atom is 0.244 e. The number of aromatic nitrogens is 1. The Morgan fingerprint density at radius 2 is 2.18 bits per heavy atom. The van der Waals surface area contributed by atoms with Crippen LogP contribution in [0.1, 0.15) is 32.4 Å². The summed E-state index contributed by atoms with van der Waals surface area (Å²) in [7, 11) is 0. The van der Waals surface area contributed by atoms with Crippen LogP contribution in [0.15, 0.2) is 18.3 Å². The normalized spacial score (nSPS) is 13.4. The van der Waals surface area contributed by atoms with Gasteiger partial charge in [-0.2, -0.15) is 0 Å². The largest absolute Gasteiger partial charge is 0.323 e. The van der Waals surface area contributed by atoms with Gasteiger partial charge in [0.25, 0.3) is 0 Å². The van der Waals surface area contributed by atoms with Crippen LogP contribution in [0.3, 0.4) is 0 Å². The molecule has 1 rings (SSSR count). The van der Waals surface area contributed by atoms with E-state index in [-0.39, 0.29) is 18.3 Å². The number of amides is 1. The molecule has 0 saturated carbocycles. The van der Waals surface area contributed by atoms with Crippen LogP contribution in [0.5, 0.6) is 0 Å². The van der Waals surface area contributed by atoms with Crippen molar-refractivity contribution in [3.05, 3.63) is 24.0 Å². The predicted octanol–water partition coefficient (Wildman–Crippen LogP) is 2.27. The Labute approximate surface area is 108 Å². The number of nitrogens with two attached hydrogens (primary N) is 1.